The Labute approximate surface area is 122 Å². The molecule has 2 aromatic heterocycles. The number of aryl methyl sites for hydroxylation is 2. The van der Waals surface area contributed by atoms with Crippen LogP contribution in [0.2, 0.25) is 0 Å². The average molecular weight is 283 g/mol. The summed E-state index contributed by atoms with van der Waals surface area (Å²) in [6.07, 6.45) is 1.85. The van der Waals surface area contributed by atoms with Gasteiger partial charge >= 0.3 is 0 Å². The molecule has 7 heteroatoms. The minimum absolute atomic E-state index is 0.613. The predicted molar refractivity (Wildman–Crippen MR) is 79.2 cm³/mol. The molecule has 3 aromatic rings. The van der Waals surface area contributed by atoms with Gasteiger partial charge in [-0.3, -0.25) is 4.68 Å². The average Bonchev–Trinajstić information content (AvgIpc) is 3.07. The first-order valence-electron chi connectivity index (χ1n) is 6.72. The fraction of sp³-hybridized carbons (Fsp3) is 0.286. The number of aromatic nitrogens is 6. The maximum atomic E-state index is 4.22. The monoisotopic (exact) mass is 283 g/mol. The Hall–Kier alpha value is -2.70. The van der Waals surface area contributed by atoms with Gasteiger partial charge in [0, 0.05) is 24.8 Å². The summed E-state index contributed by atoms with van der Waals surface area (Å²) in [5.74, 6) is 0.613. The molecule has 0 aliphatic carbocycles. The van der Waals surface area contributed by atoms with Gasteiger partial charge in [0.1, 0.15) is 0 Å². The third-order valence-corrected chi connectivity index (χ3v) is 3.52. The summed E-state index contributed by atoms with van der Waals surface area (Å²) in [5.41, 5.74) is 4.37. The molecule has 0 fully saturated rings. The molecule has 0 bridgehead atoms. The molecule has 21 heavy (non-hydrogen) atoms. The van der Waals surface area contributed by atoms with Crippen LogP contribution >= 0.6 is 0 Å². The molecule has 3 rings (SSSR count). The summed E-state index contributed by atoms with van der Waals surface area (Å²) in [4.78, 5) is 0. The molecule has 2 heterocycles. The lowest BCUT2D eigenvalue weighted by molar-refractivity contribution is 0.738. The van der Waals surface area contributed by atoms with Gasteiger partial charge in [0.2, 0.25) is 5.95 Å². The summed E-state index contributed by atoms with van der Waals surface area (Å²) in [5, 5.41) is 19.3. The molecule has 0 unspecified atom stereocenters. The maximum Gasteiger partial charge on any atom is 0.248 e. The molecule has 1 aromatic carbocycles. The lowest BCUT2D eigenvalue weighted by Gasteiger charge is -2.07. The van der Waals surface area contributed by atoms with Crippen molar-refractivity contribution < 1.29 is 0 Å². The largest absolute Gasteiger partial charge is 0.349 e. The Bertz CT molecular complexity index is 739. The van der Waals surface area contributed by atoms with Crippen molar-refractivity contribution >= 4 is 5.95 Å². The highest BCUT2D eigenvalue weighted by Gasteiger charge is 2.09. The predicted octanol–water partition coefficient (Wildman–Crippen LogP) is 1.62. The van der Waals surface area contributed by atoms with E-state index in [1.807, 2.05) is 56.0 Å². The molecular formula is C14H17N7. The zero-order valence-electron chi connectivity index (χ0n) is 12.3. The van der Waals surface area contributed by atoms with Crippen LogP contribution in [0, 0.1) is 13.8 Å². The Kier molecular flexibility index (Phi) is 3.39. The molecule has 0 saturated carbocycles. The van der Waals surface area contributed by atoms with E-state index < -0.39 is 0 Å². The fourth-order valence-electron chi connectivity index (χ4n) is 2.05. The number of tetrazole rings is 1. The lowest BCUT2D eigenvalue weighted by Crippen LogP contribution is -2.08. The molecule has 0 radical (unpaired) electrons. The van der Waals surface area contributed by atoms with Crippen LogP contribution in [0.25, 0.3) is 5.69 Å². The van der Waals surface area contributed by atoms with Crippen molar-refractivity contribution in [3.8, 4) is 5.69 Å². The van der Waals surface area contributed by atoms with Gasteiger partial charge in [-0.2, -0.15) is 9.78 Å². The van der Waals surface area contributed by atoms with Crippen molar-refractivity contribution in [3.05, 3.63) is 47.3 Å². The normalized spacial score (nSPS) is 10.8. The van der Waals surface area contributed by atoms with Crippen LogP contribution in [0.3, 0.4) is 0 Å². The number of hydrogen-bond donors (Lipinski definition) is 1. The van der Waals surface area contributed by atoms with Gasteiger partial charge in [-0.15, -0.1) is 0 Å². The summed E-state index contributed by atoms with van der Waals surface area (Å²) in [7, 11) is 1.93. The third kappa shape index (κ3) is 2.62. The number of rotatable bonds is 4. The minimum Gasteiger partial charge on any atom is -0.349 e. The van der Waals surface area contributed by atoms with E-state index in [-0.39, 0.29) is 0 Å². The zero-order chi connectivity index (χ0) is 14.8. The topological polar surface area (TPSA) is 73.5 Å². The zero-order valence-corrected chi connectivity index (χ0v) is 12.3. The second kappa shape index (κ2) is 5.35. The van der Waals surface area contributed by atoms with Crippen LogP contribution in [0.5, 0.6) is 0 Å². The van der Waals surface area contributed by atoms with E-state index in [9.17, 15) is 0 Å². The number of anilines is 1. The first kappa shape index (κ1) is 13.3. The SMILES string of the molecule is Cc1ccc(-n2nnnc2NCc2cnn(C)c2C)cc1. The molecule has 0 spiro atoms. The molecule has 1 N–H and O–H groups in total. The van der Waals surface area contributed by atoms with Gasteiger partial charge in [0.15, 0.2) is 0 Å². The minimum atomic E-state index is 0.613. The molecule has 0 atom stereocenters. The van der Waals surface area contributed by atoms with Gasteiger partial charge in [-0.25, -0.2) is 0 Å². The first-order valence-corrected chi connectivity index (χ1v) is 6.72. The van der Waals surface area contributed by atoms with Crippen molar-refractivity contribution in [2.24, 2.45) is 7.05 Å². The number of benzene rings is 1. The Morgan fingerprint density at radius 1 is 1.14 bits per heavy atom. The summed E-state index contributed by atoms with van der Waals surface area (Å²) in [6, 6.07) is 8.05. The van der Waals surface area contributed by atoms with E-state index in [4.69, 9.17) is 0 Å². The van der Waals surface area contributed by atoms with Crippen molar-refractivity contribution in [1.29, 1.82) is 0 Å². The third-order valence-electron chi connectivity index (χ3n) is 3.52. The number of nitrogens with zero attached hydrogens (tertiary/aromatic N) is 6. The van der Waals surface area contributed by atoms with Crippen LogP contribution in [0.4, 0.5) is 5.95 Å². The smallest absolute Gasteiger partial charge is 0.248 e. The van der Waals surface area contributed by atoms with E-state index in [0.717, 1.165) is 16.9 Å². The van der Waals surface area contributed by atoms with Gasteiger partial charge in [-0.05, 0) is 36.4 Å². The van der Waals surface area contributed by atoms with Crippen LogP contribution < -0.4 is 5.32 Å². The van der Waals surface area contributed by atoms with Crippen molar-refractivity contribution in [1.82, 2.24) is 30.0 Å². The fourth-order valence-corrected chi connectivity index (χ4v) is 2.05. The van der Waals surface area contributed by atoms with Gasteiger partial charge < -0.3 is 5.32 Å². The van der Waals surface area contributed by atoms with E-state index in [1.165, 1.54) is 5.56 Å². The highest BCUT2D eigenvalue weighted by Crippen LogP contribution is 2.14. The number of nitrogens with one attached hydrogen (secondary N) is 1. The summed E-state index contributed by atoms with van der Waals surface area (Å²) >= 11 is 0. The van der Waals surface area contributed by atoms with Crippen molar-refractivity contribution in [2.45, 2.75) is 20.4 Å². The molecule has 0 aliphatic rings. The van der Waals surface area contributed by atoms with Gasteiger partial charge in [0.25, 0.3) is 0 Å². The highest BCUT2D eigenvalue weighted by atomic mass is 15.6. The molecule has 0 amide bonds. The Morgan fingerprint density at radius 2 is 1.90 bits per heavy atom. The van der Waals surface area contributed by atoms with Crippen molar-refractivity contribution in [2.75, 3.05) is 5.32 Å². The molecule has 7 nitrogen and oxygen atoms in total. The van der Waals surface area contributed by atoms with E-state index in [1.54, 1.807) is 4.68 Å². The first-order chi connectivity index (χ1) is 10.1. The van der Waals surface area contributed by atoms with E-state index in [2.05, 4.69) is 25.9 Å². The number of hydrogen-bond acceptors (Lipinski definition) is 5. The van der Waals surface area contributed by atoms with E-state index >= 15 is 0 Å². The van der Waals surface area contributed by atoms with Gasteiger partial charge in [-0.1, -0.05) is 22.8 Å². The Morgan fingerprint density at radius 3 is 2.57 bits per heavy atom. The van der Waals surface area contributed by atoms with Crippen LogP contribution in [0.15, 0.2) is 30.5 Å². The lowest BCUT2D eigenvalue weighted by atomic mass is 10.2. The molecule has 0 aliphatic heterocycles. The van der Waals surface area contributed by atoms with Crippen LogP contribution in [0.1, 0.15) is 16.8 Å². The van der Waals surface area contributed by atoms with Crippen molar-refractivity contribution in [3.63, 3.8) is 0 Å². The standard InChI is InChI=1S/C14H17N7/c1-10-4-6-13(7-5-10)21-14(17-18-19-21)15-8-12-9-16-20(3)11(12)2/h4-7,9H,8H2,1-3H3,(H,15,17,19). The molecule has 0 saturated heterocycles. The van der Waals surface area contributed by atoms with Crippen LogP contribution in [-0.2, 0) is 13.6 Å². The summed E-state index contributed by atoms with van der Waals surface area (Å²) in [6.45, 7) is 4.71. The maximum absolute atomic E-state index is 4.22. The van der Waals surface area contributed by atoms with Gasteiger partial charge in [0.05, 0.1) is 11.9 Å². The van der Waals surface area contributed by atoms with Crippen LogP contribution in [-0.4, -0.2) is 30.0 Å². The summed E-state index contributed by atoms with van der Waals surface area (Å²) < 4.78 is 3.53. The Balaban J connectivity index is 1.80. The molecule has 108 valence electrons. The second-order valence-electron chi connectivity index (χ2n) is 4.98. The van der Waals surface area contributed by atoms with E-state index in [0.29, 0.717) is 12.5 Å². The highest BCUT2D eigenvalue weighted by molar-refractivity contribution is 5.40. The quantitative estimate of drug-likeness (QED) is 0.787. The second-order valence-corrected chi connectivity index (χ2v) is 4.98. The molecular weight excluding hydrogens is 266 g/mol.